The summed E-state index contributed by atoms with van der Waals surface area (Å²) in [6.45, 7) is 4.43. The third-order valence-corrected chi connectivity index (χ3v) is 6.34. The molecule has 0 aliphatic carbocycles. The van der Waals surface area contributed by atoms with Crippen LogP contribution in [0.5, 0.6) is 11.5 Å². The molecule has 0 heterocycles. The first-order valence-corrected chi connectivity index (χ1v) is 12.2. The number of hydrogen-bond donors (Lipinski definition) is 1. The fourth-order valence-electron chi connectivity index (χ4n) is 3.02. The molecule has 0 aliphatic heterocycles. The van der Waals surface area contributed by atoms with E-state index < -0.39 is 5.91 Å². The van der Waals surface area contributed by atoms with Gasteiger partial charge >= 0.3 is 0 Å². The second-order valence-electron chi connectivity index (χ2n) is 7.23. The minimum atomic E-state index is -0.533. The van der Waals surface area contributed by atoms with E-state index in [9.17, 15) is 10.1 Å². The van der Waals surface area contributed by atoms with Gasteiger partial charge in [-0.2, -0.15) is 5.26 Å². The maximum absolute atomic E-state index is 12.7. The average Bonchev–Trinajstić information content (AvgIpc) is 2.80. The van der Waals surface area contributed by atoms with Gasteiger partial charge in [-0.3, -0.25) is 4.79 Å². The highest BCUT2D eigenvalue weighted by Crippen LogP contribution is 2.36. The van der Waals surface area contributed by atoms with E-state index in [0.29, 0.717) is 39.4 Å². The highest BCUT2D eigenvalue weighted by atomic mass is 127. The van der Waals surface area contributed by atoms with E-state index in [-0.39, 0.29) is 12.2 Å². The zero-order chi connectivity index (χ0) is 24.7. The fraction of sp³-hybridized carbons (Fsp3) is 0.154. The summed E-state index contributed by atoms with van der Waals surface area (Å²) in [5.41, 5.74) is 2.83. The van der Waals surface area contributed by atoms with Gasteiger partial charge in [0.1, 0.15) is 18.2 Å². The van der Waals surface area contributed by atoms with Gasteiger partial charge in [0.15, 0.2) is 11.5 Å². The van der Waals surface area contributed by atoms with Gasteiger partial charge in [0, 0.05) is 21.3 Å². The molecule has 34 heavy (non-hydrogen) atoms. The van der Waals surface area contributed by atoms with Gasteiger partial charge in [0.25, 0.3) is 5.91 Å². The van der Waals surface area contributed by atoms with Crippen LogP contribution in [0.2, 0.25) is 10.0 Å². The summed E-state index contributed by atoms with van der Waals surface area (Å²) in [7, 11) is 0. The van der Waals surface area contributed by atoms with Crippen molar-refractivity contribution >= 4 is 63.5 Å². The van der Waals surface area contributed by atoms with E-state index in [1.54, 1.807) is 24.3 Å². The monoisotopic (exact) mass is 606 g/mol. The number of halogens is 3. The minimum Gasteiger partial charge on any atom is -0.490 e. The molecule has 0 radical (unpaired) electrons. The van der Waals surface area contributed by atoms with Crippen LogP contribution in [-0.4, -0.2) is 12.5 Å². The Bertz CT molecular complexity index is 1290. The first kappa shape index (κ1) is 25.9. The first-order valence-electron chi connectivity index (χ1n) is 10.3. The first-order chi connectivity index (χ1) is 16.3. The van der Waals surface area contributed by atoms with Crippen LogP contribution in [0.1, 0.15) is 23.6 Å². The number of nitrogens with zero attached hydrogens (tertiary/aromatic N) is 1. The summed E-state index contributed by atoms with van der Waals surface area (Å²) >= 11 is 14.5. The number of nitrogens with one attached hydrogen (secondary N) is 1. The summed E-state index contributed by atoms with van der Waals surface area (Å²) in [4.78, 5) is 12.7. The Morgan fingerprint density at radius 1 is 1.12 bits per heavy atom. The van der Waals surface area contributed by atoms with Gasteiger partial charge in [0.2, 0.25) is 0 Å². The van der Waals surface area contributed by atoms with Crippen molar-refractivity contribution in [2.45, 2.75) is 20.5 Å². The highest BCUT2D eigenvalue weighted by Gasteiger charge is 2.15. The number of ether oxygens (including phenoxy) is 2. The van der Waals surface area contributed by atoms with Crippen molar-refractivity contribution in [3.8, 4) is 17.6 Å². The molecule has 3 aromatic carbocycles. The molecule has 0 aliphatic rings. The van der Waals surface area contributed by atoms with Crippen LogP contribution < -0.4 is 14.8 Å². The lowest BCUT2D eigenvalue weighted by Crippen LogP contribution is -2.13. The summed E-state index contributed by atoms with van der Waals surface area (Å²) in [5, 5.41) is 13.4. The molecule has 0 spiro atoms. The molecule has 0 aromatic heterocycles. The molecule has 174 valence electrons. The van der Waals surface area contributed by atoms with Gasteiger partial charge in [-0.15, -0.1) is 0 Å². The molecule has 1 N–H and O–H groups in total. The van der Waals surface area contributed by atoms with Crippen LogP contribution in [0.3, 0.4) is 0 Å². The van der Waals surface area contributed by atoms with Crippen LogP contribution in [0.25, 0.3) is 6.08 Å². The summed E-state index contributed by atoms with van der Waals surface area (Å²) < 4.78 is 12.6. The highest BCUT2D eigenvalue weighted by molar-refractivity contribution is 14.1. The normalized spacial score (nSPS) is 11.0. The topological polar surface area (TPSA) is 71.3 Å². The number of anilines is 1. The van der Waals surface area contributed by atoms with Crippen molar-refractivity contribution in [2.24, 2.45) is 0 Å². The molecular weight excluding hydrogens is 586 g/mol. The Hall–Kier alpha value is -2.73. The Kier molecular flexibility index (Phi) is 9.22. The largest absolute Gasteiger partial charge is 0.490 e. The minimum absolute atomic E-state index is 0.0559. The van der Waals surface area contributed by atoms with E-state index >= 15 is 0 Å². The number of carbonyl (C=O) groups excluding carboxylic acids is 1. The predicted molar refractivity (Wildman–Crippen MR) is 145 cm³/mol. The lowest BCUT2D eigenvalue weighted by Gasteiger charge is -2.15. The second kappa shape index (κ2) is 12.1. The van der Waals surface area contributed by atoms with Gasteiger partial charge in [-0.25, -0.2) is 0 Å². The quantitative estimate of drug-likeness (QED) is 0.164. The molecule has 0 fully saturated rings. The van der Waals surface area contributed by atoms with Crippen LogP contribution in [-0.2, 0) is 11.4 Å². The number of carbonyl (C=O) groups is 1. The van der Waals surface area contributed by atoms with Crippen LogP contribution in [0.15, 0.2) is 60.2 Å². The van der Waals surface area contributed by atoms with Crippen molar-refractivity contribution in [1.29, 1.82) is 5.26 Å². The molecule has 0 bridgehead atoms. The molecule has 3 aromatic rings. The third kappa shape index (κ3) is 6.66. The molecule has 0 saturated heterocycles. The number of nitriles is 1. The van der Waals surface area contributed by atoms with E-state index in [1.165, 1.54) is 6.08 Å². The van der Waals surface area contributed by atoms with Gasteiger partial charge in [0.05, 0.1) is 10.2 Å². The summed E-state index contributed by atoms with van der Waals surface area (Å²) in [6, 6.07) is 18.1. The van der Waals surface area contributed by atoms with E-state index in [1.807, 2.05) is 50.2 Å². The van der Waals surface area contributed by atoms with Crippen molar-refractivity contribution in [2.75, 3.05) is 11.9 Å². The lowest BCUT2D eigenvalue weighted by atomic mass is 10.1. The molecule has 0 atom stereocenters. The zero-order valence-corrected chi connectivity index (χ0v) is 22.2. The maximum Gasteiger partial charge on any atom is 0.266 e. The molecule has 3 rings (SSSR count). The predicted octanol–water partition coefficient (Wildman–Crippen LogP) is 7.43. The van der Waals surface area contributed by atoms with Crippen LogP contribution in [0.4, 0.5) is 5.69 Å². The number of hydrogen-bond acceptors (Lipinski definition) is 4. The van der Waals surface area contributed by atoms with Crippen molar-refractivity contribution in [1.82, 2.24) is 0 Å². The standard InChI is InChI=1S/C26H21Cl2IN2O3/c1-3-33-24-12-17(11-23(29)25(24)34-15-18-6-4-5-7-21(18)27)10-19(14-30)26(32)31-20-9-8-16(2)22(28)13-20/h4-13H,3,15H2,1-2H3,(H,31,32)/b19-10-. The molecule has 0 saturated carbocycles. The maximum atomic E-state index is 12.7. The van der Waals surface area contributed by atoms with Gasteiger partial charge < -0.3 is 14.8 Å². The molecule has 0 unspecified atom stereocenters. The van der Waals surface area contributed by atoms with Crippen molar-refractivity contribution in [3.63, 3.8) is 0 Å². The average molecular weight is 607 g/mol. The van der Waals surface area contributed by atoms with E-state index in [2.05, 4.69) is 27.9 Å². The molecule has 8 heteroatoms. The fourth-order valence-corrected chi connectivity index (χ4v) is 4.18. The molecule has 5 nitrogen and oxygen atoms in total. The van der Waals surface area contributed by atoms with E-state index in [0.717, 1.165) is 14.7 Å². The van der Waals surface area contributed by atoms with Gasteiger partial charge in [-0.05, 0) is 84.0 Å². The summed E-state index contributed by atoms with van der Waals surface area (Å²) in [6.07, 6.45) is 1.51. The summed E-state index contributed by atoms with van der Waals surface area (Å²) in [5.74, 6) is 0.543. The van der Waals surface area contributed by atoms with Crippen LogP contribution >= 0.6 is 45.8 Å². The Labute approximate surface area is 222 Å². The molecule has 1 amide bonds. The number of benzene rings is 3. The molecular formula is C26H21Cl2IN2O3. The smallest absolute Gasteiger partial charge is 0.266 e. The number of aryl methyl sites for hydroxylation is 1. The zero-order valence-electron chi connectivity index (χ0n) is 18.5. The van der Waals surface area contributed by atoms with E-state index in [4.69, 9.17) is 32.7 Å². The van der Waals surface area contributed by atoms with Crippen LogP contribution in [0, 0.1) is 21.8 Å². The third-order valence-electron chi connectivity index (χ3n) is 4.77. The lowest BCUT2D eigenvalue weighted by molar-refractivity contribution is -0.112. The van der Waals surface area contributed by atoms with Crippen molar-refractivity contribution in [3.05, 3.63) is 90.5 Å². The number of rotatable bonds is 8. The second-order valence-corrected chi connectivity index (χ2v) is 9.21. The Balaban J connectivity index is 1.86. The Morgan fingerprint density at radius 3 is 2.56 bits per heavy atom. The van der Waals surface area contributed by atoms with Gasteiger partial charge in [-0.1, -0.05) is 47.5 Å². The Morgan fingerprint density at radius 2 is 1.88 bits per heavy atom. The SMILES string of the molecule is CCOc1cc(/C=C(/C#N)C(=O)Nc2ccc(C)c(Cl)c2)cc(I)c1OCc1ccccc1Cl. The number of amides is 1. The van der Waals surface area contributed by atoms with Crippen molar-refractivity contribution < 1.29 is 14.3 Å².